The van der Waals surface area contributed by atoms with Crippen molar-refractivity contribution < 1.29 is 19.1 Å². The van der Waals surface area contributed by atoms with E-state index in [1.165, 1.54) is 0 Å². The highest BCUT2D eigenvalue weighted by molar-refractivity contribution is 6.74. The molecule has 2 atom stereocenters. The van der Waals surface area contributed by atoms with Gasteiger partial charge in [0.15, 0.2) is 14.6 Å². The highest BCUT2D eigenvalue weighted by Gasteiger charge is 2.40. The number of carbonyl (C=O) groups is 1. The van der Waals surface area contributed by atoms with Crippen LogP contribution < -0.4 is 5.32 Å². The molecule has 0 rings (SSSR count). The van der Waals surface area contributed by atoms with Crippen molar-refractivity contribution in [1.82, 2.24) is 5.32 Å². The first-order chi connectivity index (χ1) is 8.51. The zero-order valence-corrected chi connectivity index (χ0v) is 13.8. The summed E-state index contributed by atoms with van der Waals surface area (Å²) < 4.78 is 11.7. The van der Waals surface area contributed by atoms with Gasteiger partial charge in [-0.05, 0) is 25.1 Å². The maximum absolute atomic E-state index is 10.7. The number of carboxylic acid groups (broad SMARTS) is 1. The summed E-state index contributed by atoms with van der Waals surface area (Å²) in [6, 6.07) is -0.438. The lowest BCUT2D eigenvalue weighted by atomic mass is 10.2. The molecule has 1 unspecified atom stereocenters. The van der Waals surface area contributed by atoms with E-state index in [4.69, 9.17) is 14.3 Å². The minimum absolute atomic E-state index is 0.0335. The normalized spacial score (nSPS) is 15.7. The highest BCUT2D eigenvalue weighted by Crippen LogP contribution is 2.37. The van der Waals surface area contributed by atoms with E-state index in [1.54, 1.807) is 13.0 Å². The molecular weight excluding hydrogens is 262 g/mol. The summed E-state index contributed by atoms with van der Waals surface area (Å²) in [4.78, 5) is 10.7. The van der Waals surface area contributed by atoms with Gasteiger partial charge in [-0.3, -0.25) is 0 Å². The molecule has 0 aromatic heterocycles. The Hall–Kier alpha value is -0.853. The molecule has 0 aliphatic carbocycles. The van der Waals surface area contributed by atoms with Gasteiger partial charge in [-0.2, -0.15) is 0 Å². The van der Waals surface area contributed by atoms with E-state index in [-0.39, 0.29) is 5.04 Å². The van der Waals surface area contributed by atoms with Crippen LogP contribution >= 0.6 is 0 Å². The van der Waals surface area contributed by atoms with Gasteiger partial charge in [-0.1, -0.05) is 26.8 Å². The fraction of sp³-hybridized carbons (Fsp3) is 0.769. The Kier molecular flexibility index (Phi) is 6.75. The molecule has 5 nitrogen and oxygen atoms in total. The Balaban J connectivity index is 4.85. The highest BCUT2D eigenvalue weighted by atomic mass is 28.4. The Morgan fingerprint density at radius 2 is 2.00 bits per heavy atom. The summed E-state index contributed by atoms with van der Waals surface area (Å²) in [7, 11) is -2.02. The van der Waals surface area contributed by atoms with Crippen LogP contribution in [0.3, 0.4) is 0 Å². The average molecular weight is 289 g/mol. The van der Waals surface area contributed by atoms with Crippen molar-refractivity contribution in [3.63, 3.8) is 0 Å². The Labute approximate surface area is 117 Å². The molecular formula is C13H27NO4Si. The van der Waals surface area contributed by atoms with E-state index in [9.17, 15) is 4.79 Å². The van der Waals surface area contributed by atoms with Crippen molar-refractivity contribution in [2.24, 2.45) is 0 Å². The fourth-order valence-corrected chi connectivity index (χ4v) is 2.38. The number of amides is 1. The molecule has 0 heterocycles. The minimum Gasteiger partial charge on any atom is -0.465 e. The molecule has 0 saturated heterocycles. The van der Waals surface area contributed by atoms with Gasteiger partial charge >= 0.3 is 6.09 Å². The van der Waals surface area contributed by atoms with Gasteiger partial charge in [-0.25, -0.2) is 4.79 Å². The third-order valence-corrected chi connectivity index (χ3v) is 7.79. The molecule has 0 saturated carbocycles. The second-order valence-corrected chi connectivity index (χ2v) is 10.9. The summed E-state index contributed by atoms with van der Waals surface area (Å²) in [6.07, 6.45) is -0.0660. The van der Waals surface area contributed by atoms with Crippen LogP contribution in [-0.4, -0.2) is 38.5 Å². The third-order valence-electron chi connectivity index (χ3n) is 3.35. The van der Waals surface area contributed by atoms with Gasteiger partial charge in [0.05, 0.1) is 12.6 Å². The van der Waals surface area contributed by atoms with E-state index >= 15 is 0 Å². The zero-order valence-electron chi connectivity index (χ0n) is 12.8. The molecule has 0 aromatic rings. The van der Waals surface area contributed by atoms with Gasteiger partial charge < -0.3 is 19.6 Å². The first-order valence-corrected chi connectivity index (χ1v) is 9.32. The first-order valence-electron chi connectivity index (χ1n) is 6.41. The standard InChI is InChI=1S/C13H27NO4Si/c1-8-9-17-11(10(2)14-12(15)16)18-19(6,7)13(3,4)5/h8,10-11,14H,1,9H2,2-7H3,(H,15,16)/t10?,11-/m0/s1. The van der Waals surface area contributed by atoms with Crippen LogP contribution in [0.15, 0.2) is 12.7 Å². The summed E-state index contributed by atoms with van der Waals surface area (Å²) in [6.45, 7) is 16.2. The summed E-state index contributed by atoms with van der Waals surface area (Å²) in [5, 5.41) is 11.2. The summed E-state index contributed by atoms with van der Waals surface area (Å²) in [5.74, 6) is 0. The van der Waals surface area contributed by atoms with Crippen molar-refractivity contribution >= 4 is 14.4 Å². The molecule has 0 aliphatic heterocycles. The molecule has 2 N–H and O–H groups in total. The van der Waals surface area contributed by atoms with Crippen molar-refractivity contribution in [3.05, 3.63) is 12.7 Å². The number of hydrogen-bond donors (Lipinski definition) is 2. The Bertz CT molecular complexity index is 312. The minimum atomic E-state index is -2.02. The molecule has 0 fully saturated rings. The van der Waals surface area contributed by atoms with Crippen molar-refractivity contribution in [1.29, 1.82) is 0 Å². The van der Waals surface area contributed by atoms with Crippen LogP contribution in [0.5, 0.6) is 0 Å². The molecule has 112 valence electrons. The third kappa shape index (κ3) is 6.22. The molecule has 0 aromatic carbocycles. The van der Waals surface area contributed by atoms with Gasteiger partial charge in [0.1, 0.15) is 0 Å². The van der Waals surface area contributed by atoms with Crippen LogP contribution in [0.2, 0.25) is 18.1 Å². The van der Waals surface area contributed by atoms with Crippen molar-refractivity contribution in [2.45, 2.75) is 58.2 Å². The largest absolute Gasteiger partial charge is 0.465 e. The molecule has 0 bridgehead atoms. The smallest absolute Gasteiger partial charge is 0.405 e. The second kappa shape index (κ2) is 7.07. The van der Waals surface area contributed by atoms with Crippen LogP contribution in [-0.2, 0) is 9.16 Å². The maximum atomic E-state index is 10.7. The molecule has 6 heteroatoms. The zero-order chi connectivity index (χ0) is 15.3. The lowest BCUT2D eigenvalue weighted by Crippen LogP contribution is -2.51. The number of ether oxygens (including phenoxy) is 1. The lowest BCUT2D eigenvalue weighted by Gasteiger charge is -2.40. The van der Waals surface area contributed by atoms with Gasteiger partial charge in [0.25, 0.3) is 0 Å². The molecule has 1 amide bonds. The van der Waals surface area contributed by atoms with E-state index in [2.05, 4.69) is 45.8 Å². The van der Waals surface area contributed by atoms with Crippen LogP contribution in [0.25, 0.3) is 0 Å². The van der Waals surface area contributed by atoms with E-state index in [0.29, 0.717) is 6.61 Å². The monoisotopic (exact) mass is 289 g/mol. The average Bonchev–Trinajstić information content (AvgIpc) is 2.21. The van der Waals surface area contributed by atoms with E-state index in [1.807, 2.05) is 0 Å². The first kappa shape index (κ1) is 18.1. The predicted molar refractivity (Wildman–Crippen MR) is 78.8 cm³/mol. The SMILES string of the molecule is C=CCO[C@@H](O[Si](C)(C)C(C)(C)C)C(C)NC(=O)O. The van der Waals surface area contributed by atoms with Gasteiger partial charge in [0.2, 0.25) is 0 Å². The maximum Gasteiger partial charge on any atom is 0.405 e. The molecule has 0 spiro atoms. The summed E-state index contributed by atoms with van der Waals surface area (Å²) >= 11 is 0. The number of nitrogens with one attached hydrogen (secondary N) is 1. The molecule has 0 radical (unpaired) electrons. The predicted octanol–water partition coefficient (Wildman–Crippen LogP) is 3.19. The van der Waals surface area contributed by atoms with Crippen molar-refractivity contribution in [2.75, 3.05) is 6.61 Å². The van der Waals surface area contributed by atoms with E-state index in [0.717, 1.165) is 0 Å². The molecule has 19 heavy (non-hydrogen) atoms. The topological polar surface area (TPSA) is 67.8 Å². The number of rotatable bonds is 7. The quantitative estimate of drug-likeness (QED) is 0.429. The lowest BCUT2D eigenvalue weighted by molar-refractivity contribution is -0.0949. The van der Waals surface area contributed by atoms with Crippen LogP contribution in [0.1, 0.15) is 27.7 Å². The van der Waals surface area contributed by atoms with Gasteiger partial charge in [0, 0.05) is 0 Å². The van der Waals surface area contributed by atoms with Crippen LogP contribution in [0.4, 0.5) is 4.79 Å². The Morgan fingerprint density at radius 3 is 2.37 bits per heavy atom. The summed E-state index contributed by atoms with van der Waals surface area (Å²) in [5.41, 5.74) is 0. The van der Waals surface area contributed by atoms with Gasteiger partial charge in [-0.15, -0.1) is 6.58 Å². The number of hydrogen-bond acceptors (Lipinski definition) is 3. The van der Waals surface area contributed by atoms with Crippen molar-refractivity contribution in [3.8, 4) is 0 Å². The van der Waals surface area contributed by atoms with E-state index < -0.39 is 26.7 Å². The molecule has 0 aliphatic rings. The Morgan fingerprint density at radius 1 is 1.47 bits per heavy atom. The van der Waals surface area contributed by atoms with Crippen LogP contribution in [0, 0.1) is 0 Å². The second-order valence-electron chi connectivity index (χ2n) is 6.11. The fourth-order valence-electron chi connectivity index (χ4n) is 1.17.